The molecule has 0 saturated carbocycles. The summed E-state index contributed by atoms with van der Waals surface area (Å²) in [5.41, 5.74) is 6.13. The van der Waals surface area contributed by atoms with Gasteiger partial charge in [0.15, 0.2) is 40.6 Å². The van der Waals surface area contributed by atoms with E-state index in [1.807, 2.05) is 0 Å². The summed E-state index contributed by atoms with van der Waals surface area (Å²) < 4.78 is 59.7. The lowest BCUT2D eigenvalue weighted by molar-refractivity contribution is -0.113. The van der Waals surface area contributed by atoms with Crippen LogP contribution in [-0.4, -0.2) is 47.9 Å². The first-order chi connectivity index (χ1) is 18.2. The highest BCUT2D eigenvalue weighted by Gasteiger charge is 2.30. The summed E-state index contributed by atoms with van der Waals surface area (Å²) in [6.07, 6.45) is 2.66. The number of halogens is 4. The molecule has 1 aliphatic rings. The van der Waals surface area contributed by atoms with Crippen LogP contribution in [0, 0.1) is 23.3 Å². The fraction of sp³-hybridized carbons (Fsp3) is 0.143. The molecule has 1 aliphatic heterocycles. The van der Waals surface area contributed by atoms with E-state index in [9.17, 15) is 32.3 Å². The maximum absolute atomic E-state index is 13.8. The number of carbonyl (C=O) groups excluding carboxylic acids is 2. The summed E-state index contributed by atoms with van der Waals surface area (Å²) in [4.78, 5) is 28.0. The molecule has 196 valence electrons. The maximum Gasteiger partial charge on any atom is 0.254 e. The van der Waals surface area contributed by atoms with Crippen LogP contribution < -0.4 is 10.5 Å². The molecule has 10 heteroatoms. The fourth-order valence-electron chi connectivity index (χ4n) is 3.90. The zero-order valence-corrected chi connectivity index (χ0v) is 19.9. The number of Topliss-reactive ketones (excluding diaryl/α,β-unsaturated/α-hetero) is 1. The van der Waals surface area contributed by atoms with Crippen molar-refractivity contribution in [2.24, 2.45) is 5.73 Å². The first-order valence-corrected chi connectivity index (χ1v) is 11.5. The number of carbonyl (C=O) groups is 2. The van der Waals surface area contributed by atoms with E-state index in [1.54, 1.807) is 0 Å². The minimum Gasteiger partial charge on any atom is -0.504 e. The number of aromatic hydroxyl groups is 1. The summed E-state index contributed by atoms with van der Waals surface area (Å²) in [6.45, 7) is -0.0644. The molecule has 0 spiro atoms. The third-order valence-corrected chi connectivity index (χ3v) is 5.74. The van der Waals surface area contributed by atoms with E-state index < -0.39 is 35.0 Å². The Kier molecular flexibility index (Phi) is 7.92. The van der Waals surface area contributed by atoms with Gasteiger partial charge in [-0.25, -0.2) is 17.6 Å². The van der Waals surface area contributed by atoms with Crippen LogP contribution in [0.4, 0.5) is 17.6 Å². The SMILES string of the molecule is NCCOc1cc(C(=O)N2C/C(=C\c3ccc(F)c(F)c3)C(=O)/C(=C/c3ccc(F)c(F)c3)C2)ccc1O. The van der Waals surface area contributed by atoms with Crippen LogP contribution in [0.2, 0.25) is 0 Å². The molecule has 1 fully saturated rings. The molecule has 3 aromatic carbocycles. The number of phenols is 1. The summed E-state index contributed by atoms with van der Waals surface area (Å²) in [5, 5.41) is 10.0. The van der Waals surface area contributed by atoms with Crippen molar-refractivity contribution < 1.29 is 37.0 Å². The van der Waals surface area contributed by atoms with Crippen molar-refractivity contribution in [3.63, 3.8) is 0 Å². The van der Waals surface area contributed by atoms with E-state index in [0.717, 1.165) is 24.3 Å². The van der Waals surface area contributed by atoms with Crippen LogP contribution in [0.3, 0.4) is 0 Å². The molecule has 3 aromatic rings. The number of piperidine rings is 1. The molecule has 1 amide bonds. The standard InChI is InChI=1S/C28H22F4N2O4/c29-21-4-1-16(11-23(21)31)9-19-14-34(28(37)18-3-6-25(35)26(13-18)38-8-7-33)15-20(27(19)36)10-17-2-5-22(30)24(32)12-17/h1-6,9-13,35H,7-8,14-15,33H2/b19-9+,20-10+. The molecule has 1 heterocycles. The average molecular weight is 526 g/mol. The number of hydrogen-bond acceptors (Lipinski definition) is 5. The lowest BCUT2D eigenvalue weighted by atomic mass is 9.93. The Labute approximate surface area is 215 Å². The normalized spacial score (nSPS) is 15.8. The number of ketones is 1. The number of ether oxygens (including phenoxy) is 1. The van der Waals surface area contributed by atoms with Gasteiger partial charge in [-0.1, -0.05) is 12.1 Å². The highest BCUT2D eigenvalue weighted by atomic mass is 19.2. The van der Waals surface area contributed by atoms with Gasteiger partial charge in [-0.15, -0.1) is 0 Å². The van der Waals surface area contributed by atoms with Crippen molar-refractivity contribution in [1.29, 1.82) is 0 Å². The minimum atomic E-state index is -1.11. The Bertz CT molecular complexity index is 1400. The molecule has 0 unspecified atom stereocenters. The van der Waals surface area contributed by atoms with Crippen LogP contribution in [0.25, 0.3) is 12.2 Å². The van der Waals surface area contributed by atoms with Crippen molar-refractivity contribution >= 4 is 23.8 Å². The van der Waals surface area contributed by atoms with Crippen molar-refractivity contribution in [3.8, 4) is 11.5 Å². The van der Waals surface area contributed by atoms with Crippen molar-refractivity contribution in [2.45, 2.75) is 0 Å². The number of hydrogen-bond donors (Lipinski definition) is 2. The van der Waals surface area contributed by atoms with Gasteiger partial charge in [-0.2, -0.15) is 0 Å². The van der Waals surface area contributed by atoms with Gasteiger partial charge in [0.1, 0.15) is 6.61 Å². The van der Waals surface area contributed by atoms with Gasteiger partial charge >= 0.3 is 0 Å². The van der Waals surface area contributed by atoms with Gasteiger partial charge in [0, 0.05) is 23.3 Å². The zero-order valence-electron chi connectivity index (χ0n) is 19.9. The summed E-state index contributed by atoms with van der Waals surface area (Å²) >= 11 is 0. The second kappa shape index (κ2) is 11.3. The Hall–Kier alpha value is -4.44. The third-order valence-electron chi connectivity index (χ3n) is 5.74. The Morgan fingerprint density at radius 2 is 1.42 bits per heavy atom. The molecule has 1 saturated heterocycles. The molecule has 0 radical (unpaired) electrons. The molecule has 0 bridgehead atoms. The monoisotopic (exact) mass is 526 g/mol. The van der Waals surface area contributed by atoms with Crippen LogP contribution in [-0.2, 0) is 4.79 Å². The molecular formula is C28H22F4N2O4. The number of nitrogens with two attached hydrogens (primary N) is 1. The highest BCUT2D eigenvalue weighted by Crippen LogP contribution is 2.29. The molecule has 0 aliphatic carbocycles. The lowest BCUT2D eigenvalue weighted by Crippen LogP contribution is -2.41. The van der Waals surface area contributed by atoms with Crippen molar-refractivity contribution in [2.75, 3.05) is 26.2 Å². The average Bonchev–Trinajstić information content (AvgIpc) is 2.89. The van der Waals surface area contributed by atoms with Crippen molar-refractivity contribution in [3.05, 3.63) is 106 Å². The van der Waals surface area contributed by atoms with E-state index in [4.69, 9.17) is 10.5 Å². The number of benzene rings is 3. The topological polar surface area (TPSA) is 92.9 Å². The van der Waals surface area contributed by atoms with Crippen LogP contribution in [0.1, 0.15) is 21.5 Å². The van der Waals surface area contributed by atoms with Gasteiger partial charge in [0.05, 0.1) is 13.1 Å². The fourth-order valence-corrected chi connectivity index (χ4v) is 3.90. The third kappa shape index (κ3) is 5.92. The summed E-state index contributed by atoms with van der Waals surface area (Å²) in [5.74, 6) is -5.50. The Balaban J connectivity index is 1.73. The van der Waals surface area contributed by atoms with E-state index >= 15 is 0 Å². The summed E-state index contributed by atoms with van der Waals surface area (Å²) in [7, 11) is 0. The number of nitrogens with zero attached hydrogens (tertiary/aromatic N) is 1. The molecule has 3 N–H and O–H groups in total. The van der Waals surface area contributed by atoms with Gasteiger partial charge < -0.3 is 20.5 Å². The smallest absolute Gasteiger partial charge is 0.254 e. The number of phenolic OH excluding ortho intramolecular Hbond substituents is 1. The zero-order chi connectivity index (χ0) is 27.4. The first kappa shape index (κ1) is 26.6. The number of rotatable bonds is 6. The molecule has 38 heavy (non-hydrogen) atoms. The highest BCUT2D eigenvalue weighted by molar-refractivity contribution is 6.16. The van der Waals surface area contributed by atoms with E-state index in [2.05, 4.69) is 0 Å². The minimum absolute atomic E-state index is 0.0458. The molecule has 4 rings (SSSR count). The van der Waals surface area contributed by atoms with Gasteiger partial charge in [-0.3, -0.25) is 9.59 Å². The van der Waals surface area contributed by atoms with E-state index in [0.29, 0.717) is 0 Å². The van der Waals surface area contributed by atoms with Gasteiger partial charge in [0.2, 0.25) is 0 Å². The van der Waals surface area contributed by atoms with Crippen LogP contribution >= 0.6 is 0 Å². The lowest BCUT2D eigenvalue weighted by Gasteiger charge is -2.30. The van der Waals surface area contributed by atoms with E-state index in [-0.39, 0.29) is 65.6 Å². The predicted octanol–water partition coefficient (Wildman–Crippen LogP) is 4.48. The number of likely N-dealkylation sites (tertiary alicyclic amines) is 1. The van der Waals surface area contributed by atoms with Crippen LogP contribution in [0.5, 0.6) is 11.5 Å². The van der Waals surface area contributed by atoms with E-state index in [1.165, 1.54) is 47.4 Å². The second-order valence-corrected chi connectivity index (χ2v) is 8.50. The Morgan fingerprint density at radius 3 is 1.92 bits per heavy atom. The van der Waals surface area contributed by atoms with Gasteiger partial charge in [-0.05, 0) is 65.7 Å². The Morgan fingerprint density at radius 1 is 0.868 bits per heavy atom. The van der Waals surface area contributed by atoms with Crippen molar-refractivity contribution in [1.82, 2.24) is 4.90 Å². The second-order valence-electron chi connectivity index (χ2n) is 8.50. The molecule has 0 atom stereocenters. The largest absolute Gasteiger partial charge is 0.504 e. The first-order valence-electron chi connectivity index (χ1n) is 11.5. The molecular weight excluding hydrogens is 504 g/mol. The predicted molar refractivity (Wildman–Crippen MR) is 132 cm³/mol. The quantitative estimate of drug-likeness (QED) is 0.365. The molecule has 0 aromatic heterocycles. The molecule has 6 nitrogen and oxygen atoms in total. The van der Waals surface area contributed by atoms with Crippen LogP contribution in [0.15, 0.2) is 65.7 Å². The maximum atomic E-state index is 13.8. The van der Waals surface area contributed by atoms with Gasteiger partial charge in [0.25, 0.3) is 5.91 Å². The number of amides is 1. The summed E-state index contributed by atoms with van der Waals surface area (Å²) in [6, 6.07) is 10.2.